The fourth-order valence-corrected chi connectivity index (χ4v) is 2.36. The molecule has 2 N–H and O–H groups in total. The van der Waals surface area contributed by atoms with Crippen molar-refractivity contribution in [2.75, 3.05) is 6.54 Å². The van der Waals surface area contributed by atoms with Crippen molar-refractivity contribution in [2.24, 2.45) is 0 Å². The van der Waals surface area contributed by atoms with Crippen LogP contribution in [0.5, 0.6) is 0 Å². The molecule has 4 nitrogen and oxygen atoms in total. The predicted octanol–water partition coefficient (Wildman–Crippen LogP) is 3.13. The number of carbonyl (C=O) groups excluding carboxylic acids is 2. The Labute approximate surface area is 141 Å². The molecule has 24 heavy (non-hydrogen) atoms. The van der Waals surface area contributed by atoms with Crippen LogP contribution >= 0.6 is 0 Å². The van der Waals surface area contributed by atoms with E-state index >= 15 is 0 Å². The van der Waals surface area contributed by atoms with Gasteiger partial charge < -0.3 is 10.6 Å². The van der Waals surface area contributed by atoms with Gasteiger partial charge in [-0.2, -0.15) is 0 Å². The van der Waals surface area contributed by atoms with Crippen molar-refractivity contribution in [3.05, 3.63) is 71.0 Å². The lowest BCUT2D eigenvalue weighted by Gasteiger charge is -2.14. The molecule has 0 aliphatic heterocycles. The lowest BCUT2D eigenvalue weighted by Crippen LogP contribution is -2.32. The van der Waals surface area contributed by atoms with Crippen LogP contribution in [-0.4, -0.2) is 18.4 Å². The quantitative estimate of drug-likeness (QED) is 0.856. The standard InChI is InChI=1S/C19H21FN2O2/c1-13-5-3-4-6-17(13)19(24)21-12-11-18(23)22-14(2)15-7-9-16(20)10-8-15/h3-10,14H,11-12H2,1-2H3,(H,21,24)(H,22,23)/t14-/m0/s1. The van der Waals surface area contributed by atoms with Gasteiger partial charge in [0.2, 0.25) is 5.91 Å². The first-order valence-corrected chi connectivity index (χ1v) is 7.86. The summed E-state index contributed by atoms with van der Waals surface area (Å²) in [5.41, 5.74) is 2.33. The molecule has 126 valence electrons. The van der Waals surface area contributed by atoms with Gasteiger partial charge in [0.05, 0.1) is 6.04 Å². The summed E-state index contributed by atoms with van der Waals surface area (Å²) in [5, 5.41) is 5.57. The molecule has 0 spiro atoms. The largest absolute Gasteiger partial charge is 0.352 e. The first kappa shape index (κ1) is 17.7. The van der Waals surface area contributed by atoms with E-state index in [4.69, 9.17) is 0 Å². The number of hydrogen-bond acceptors (Lipinski definition) is 2. The van der Waals surface area contributed by atoms with E-state index in [1.807, 2.05) is 26.0 Å². The van der Waals surface area contributed by atoms with Crippen molar-refractivity contribution < 1.29 is 14.0 Å². The fraction of sp³-hybridized carbons (Fsp3) is 0.263. The Morgan fingerprint density at radius 1 is 1.08 bits per heavy atom. The van der Waals surface area contributed by atoms with Crippen LogP contribution in [0.4, 0.5) is 4.39 Å². The molecular weight excluding hydrogens is 307 g/mol. The van der Waals surface area contributed by atoms with Crippen LogP contribution in [0.1, 0.15) is 40.9 Å². The van der Waals surface area contributed by atoms with Gasteiger partial charge in [-0.05, 0) is 43.2 Å². The van der Waals surface area contributed by atoms with Crippen LogP contribution in [0.15, 0.2) is 48.5 Å². The number of aryl methyl sites for hydroxylation is 1. The Kier molecular flexibility index (Phi) is 6.07. The van der Waals surface area contributed by atoms with Crippen molar-refractivity contribution >= 4 is 11.8 Å². The highest BCUT2D eigenvalue weighted by atomic mass is 19.1. The van der Waals surface area contributed by atoms with Crippen molar-refractivity contribution in [3.8, 4) is 0 Å². The second kappa shape index (κ2) is 8.24. The third-order valence-electron chi connectivity index (χ3n) is 3.77. The molecule has 0 fully saturated rings. The monoisotopic (exact) mass is 328 g/mol. The van der Waals surface area contributed by atoms with E-state index in [9.17, 15) is 14.0 Å². The van der Waals surface area contributed by atoms with Gasteiger partial charge in [-0.15, -0.1) is 0 Å². The SMILES string of the molecule is Cc1ccccc1C(=O)NCCC(=O)N[C@@H](C)c1ccc(F)cc1. The van der Waals surface area contributed by atoms with Crippen molar-refractivity contribution in [1.29, 1.82) is 0 Å². The third kappa shape index (κ3) is 4.91. The summed E-state index contributed by atoms with van der Waals surface area (Å²) in [6.07, 6.45) is 0.184. The molecule has 1 atom stereocenters. The molecule has 0 heterocycles. The number of nitrogens with one attached hydrogen (secondary N) is 2. The Balaban J connectivity index is 1.78. The molecule has 0 aromatic heterocycles. The zero-order chi connectivity index (χ0) is 17.5. The van der Waals surface area contributed by atoms with Crippen LogP contribution in [-0.2, 0) is 4.79 Å². The van der Waals surface area contributed by atoms with Gasteiger partial charge in [-0.3, -0.25) is 9.59 Å². The molecule has 0 saturated carbocycles. The predicted molar refractivity (Wildman–Crippen MR) is 91.1 cm³/mol. The van der Waals surface area contributed by atoms with Crippen molar-refractivity contribution in [1.82, 2.24) is 10.6 Å². The number of rotatable bonds is 6. The molecular formula is C19H21FN2O2. The minimum Gasteiger partial charge on any atom is -0.352 e. The van der Waals surface area contributed by atoms with Gasteiger partial charge in [0.1, 0.15) is 5.82 Å². The lowest BCUT2D eigenvalue weighted by atomic mass is 10.1. The van der Waals surface area contributed by atoms with E-state index in [1.165, 1.54) is 12.1 Å². The van der Waals surface area contributed by atoms with Crippen molar-refractivity contribution in [2.45, 2.75) is 26.3 Å². The summed E-state index contributed by atoms with van der Waals surface area (Å²) in [7, 11) is 0. The molecule has 0 bridgehead atoms. The maximum Gasteiger partial charge on any atom is 0.251 e. The normalized spacial score (nSPS) is 11.6. The number of amides is 2. The number of hydrogen-bond donors (Lipinski definition) is 2. The summed E-state index contributed by atoms with van der Waals surface area (Å²) in [4.78, 5) is 24.0. The highest BCUT2D eigenvalue weighted by Crippen LogP contribution is 2.12. The van der Waals surface area contributed by atoms with Gasteiger partial charge in [0.15, 0.2) is 0 Å². The Hall–Kier alpha value is -2.69. The van der Waals surface area contributed by atoms with Gasteiger partial charge in [0.25, 0.3) is 5.91 Å². The first-order valence-electron chi connectivity index (χ1n) is 7.86. The zero-order valence-corrected chi connectivity index (χ0v) is 13.8. The Bertz CT molecular complexity index is 714. The van der Waals surface area contributed by atoms with Crippen LogP contribution < -0.4 is 10.6 Å². The molecule has 2 aromatic rings. The molecule has 0 unspecified atom stereocenters. The van der Waals surface area contributed by atoms with Crippen LogP contribution in [0.3, 0.4) is 0 Å². The molecule has 0 aliphatic carbocycles. The molecule has 0 radical (unpaired) electrons. The zero-order valence-electron chi connectivity index (χ0n) is 13.8. The van der Waals surface area contributed by atoms with Gasteiger partial charge >= 0.3 is 0 Å². The summed E-state index contributed by atoms with van der Waals surface area (Å²) < 4.78 is 12.9. The first-order chi connectivity index (χ1) is 11.5. The molecule has 0 saturated heterocycles. The Morgan fingerprint density at radius 3 is 2.42 bits per heavy atom. The summed E-state index contributed by atoms with van der Waals surface area (Å²) in [6, 6.07) is 13.1. The van der Waals surface area contributed by atoms with E-state index < -0.39 is 0 Å². The van der Waals surface area contributed by atoms with E-state index in [2.05, 4.69) is 10.6 Å². The van der Waals surface area contributed by atoms with E-state index in [1.54, 1.807) is 24.3 Å². The van der Waals surface area contributed by atoms with Crippen LogP contribution in [0.2, 0.25) is 0 Å². The van der Waals surface area contributed by atoms with Gasteiger partial charge in [-0.25, -0.2) is 4.39 Å². The molecule has 2 amide bonds. The summed E-state index contributed by atoms with van der Waals surface area (Å²) in [5.74, 6) is -0.666. The van der Waals surface area contributed by atoms with Crippen LogP contribution in [0.25, 0.3) is 0 Å². The second-order valence-electron chi connectivity index (χ2n) is 5.66. The summed E-state index contributed by atoms with van der Waals surface area (Å²) in [6.45, 7) is 3.96. The molecule has 2 aromatic carbocycles. The van der Waals surface area contributed by atoms with Crippen LogP contribution in [0, 0.1) is 12.7 Å². The molecule has 5 heteroatoms. The maximum atomic E-state index is 12.9. The van der Waals surface area contributed by atoms with Gasteiger partial charge in [0, 0.05) is 18.5 Å². The molecule has 2 rings (SSSR count). The summed E-state index contributed by atoms with van der Waals surface area (Å²) >= 11 is 0. The maximum absolute atomic E-state index is 12.9. The minimum absolute atomic E-state index is 0.170. The number of halogens is 1. The van der Waals surface area contributed by atoms with Crippen molar-refractivity contribution in [3.63, 3.8) is 0 Å². The Morgan fingerprint density at radius 2 is 1.75 bits per heavy atom. The highest BCUT2D eigenvalue weighted by Gasteiger charge is 2.11. The lowest BCUT2D eigenvalue weighted by molar-refractivity contribution is -0.121. The number of benzene rings is 2. The van der Waals surface area contributed by atoms with E-state index in [0.717, 1.165) is 11.1 Å². The second-order valence-corrected chi connectivity index (χ2v) is 5.66. The van der Waals surface area contributed by atoms with E-state index in [-0.39, 0.29) is 36.6 Å². The minimum atomic E-state index is -0.309. The third-order valence-corrected chi connectivity index (χ3v) is 3.77. The smallest absolute Gasteiger partial charge is 0.251 e. The molecule has 0 aliphatic rings. The van der Waals surface area contributed by atoms with Gasteiger partial charge in [-0.1, -0.05) is 30.3 Å². The number of carbonyl (C=O) groups is 2. The topological polar surface area (TPSA) is 58.2 Å². The fourth-order valence-electron chi connectivity index (χ4n) is 2.36. The average molecular weight is 328 g/mol. The highest BCUT2D eigenvalue weighted by molar-refractivity contribution is 5.95. The average Bonchev–Trinajstić information content (AvgIpc) is 2.55. The van der Waals surface area contributed by atoms with E-state index in [0.29, 0.717) is 5.56 Å².